The zero-order valence-corrected chi connectivity index (χ0v) is 21.7. The van der Waals surface area contributed by atoms with Crippen molar-refractivity contribution in [3.05, 3.63) is 81.3 Å². The van der Waals surface area contributed by atoms with E-state index >= 15 is 0 Å². The first-order valence-corrected chi connectivity index (χ1v) is 11.7. The number of benzene rings is 3. The van der Waals surface area contributed by atoms with Gasteiger partial charge in [-0.1, -0.05) is 41.4 Å². The average Bonchev–Trinajstić information content (AvgIpc) is 2.87. The lowest BCUT2D eigenvalue weighted by molar-refractivity contribution is -0.136. The number of methoxy groups -OCH3 is 1. The van der Waals surface area contributed by atoms with Gasteiger partial charge in [-0.3, -0.25) is 14.4 Å². The number of hydrogen-bond donors (Lipinski definition) is 3. The van der Waals surface area contributed by atoms with Crippen molar-refractivity contribution < 1.29 is 23.9 Å². The fourth-order valence-corrected chi connectivity index (χ4v) is 3.43. The van der Waals surface area contributed by atoms with Gasteiger partial charge in [-0.2, -0.15) is 5.10 Å². The van der Waals surface area contributed by atoms with Crippen LogP contribution in [0, 0.1) is 13.8 Å². The van der Waals surface area contributed by atoms with Crippen LogP contribution in [0.1, 0.15) is 16.7 Å². The fourth-order valence-electron chi connectivity index (χ4n) is 3.08. The summed E-state index contributed by atoms with van der Waals surface area (Å²) in [5, 5.41) is 9.32. The molecule has 0 saturated carbocycles. The third-order valence-corrected chi connectivity index (χ3v) is 5.82. The van der Waals surface area contributed by atoms with Crippen LogP contribution in [0.25, 0.3) is 0 Å². The summed E-state index contributed by atoms with van der Waals surface area (Å²) in [7, 11) is 1.45. The zero-order valence-electron chi connectivity index (χ0n) is 20.2. The third-order valence-electron chi connectivity index (χ3n) is 5.00. The van der Waals surface area contributed by atoms with Gasteiger partial charge in [-0.15, -0.1) is 0 Å². The molecular weight excluding hydrogens is 519 g/mol. The molecule has 0 aliphatic heterocycles. The van der Waals surface area contributed by atoms with E-state index in [4.69, 9.17) is 32.7 Å². The minimum atomic E-state index is -1.01. The summed E-state index contributed by atoms with van der Waals surface area (Å²) in [5.74, 6) is -1.60. The largest absolute Gasteiger partial charge is 0.493 e. The lowest BCUT2D eigenvalue weighted by atomic mass is 10.1. The van der Waals surface area contributed by atoms with Gasteiger partial charge in [0.2, 0.25) is 0 Å². The standard InChI is InChI=1S/C26H24Cl2N4O5/c1-15-7-8-16(2)20(11-15)30-23(33)14-37-21-10-9-17(12-22(21)36-3)13-29-32-26(35)25(34)31-19-6-4-5-18(27)24(19)28/h4-13H,14H2,1-3H3,(H,30,33)(H,31,34)(H,32,35)/b29-13-. The molecule has 0 aromatic heterocycles. The molecule has 3 rings (SSSR count). The van der Waals surface area contributed by atoms with Gasteiger partial charge in [0.1, 0.15) is 0 Å². The van der Waals surface area contributed by atoms with Crippen molar-refractivity contribution in [2.45, 2.75) is 13.8 Å². The maximum absolute atomic E-state index is 12.3. The quantitative estimate of drug-likeness (QED) is 0.216. The van der Waals surface area contributed by atoms with Gasteiger partial charge < -0.3 is 20.1 Å². The number of aryl methyl sites for hydroxylation is 2. The zero-order chi connectivity index (χ0) is 26.9. The number of hydrogen-bond acceptors (Lipinski definition) is 6. The van der Waals surface area contributed by atoms with E-state index in [1.54, 1.807) is 30.3 Å². The van der Waals surface area contributed by atoms with Crippen molar-refractivity contribution in [2.24, 2.45) is 5.10 Å². The predicted octanol–water partition coefficient (Wildman–Crippen LogP) is 4.73. The van der Waals surface area contributed by atoms with E-state index in [0.717, 1.165) is 16.8 Å². The summed E-state index contributed by atoms with van der Waals surface area (Å²) >= 11 is 11.9. The van der Waals surface area contributed by atoms with E-state index in [9.17, 15) is 14.4 Å². The molecule has 3 amide bonds. The van der Waals surface area contributed by atoms with E-state index in [2.05, 4.69) is 21.2 Å². The van der Waals surface area contributed by atoms with Gasteiger partial charge in [0.25, 0.3) is 5.91 Å². The van der Waals surface area contributed by atoms with Crippen LogP contribution in [0.3, 0.4) is 0 Å². The van der Waals surface area contributed by atoms with E-state index in [-0.39, 0.29) is 28.2 Å². The van der Waals surface area contributed by atoms with E-state index < -0.39 is 11.8 Å². The molecule has 3 aromatic rings. The topological polar surface area (TPSA) is 118 Å². The molecule has 192 valence electrons. The normalized spacial score (nSPS) is 10.6. The summed E-state index contributed by atoms with van der Waals surface area (Å²) in [6, 6.07) is 15.3. The van der Waals surface area contributed by atoms with Crippen LogP contribution in [0.5, 0.6) is 11.5 Å². The van der Waals surface area contributed by atoms with E-state index in [1.807, 2.05) is 32.0 Å². The highest BCUT2D eigenvalue weighted by Crippen LogP contribution is 2.29. The van der Waals surface area contributed by atoms with Crippen molar-refractivity contribution in [3.63, 3.8) is 0 Å². The molecule has 0 heterocycles. The van der Waals surface area contributed by atoms with Crippen LogP contribution in [-0.4, -0.2) is 37.7 Å². The summed E-state index contributed by atoms with van der Waals surface area (Å²) in [4.78, 5) is 36.4. The predicted molar refractivity (Wildman–Crippen MR) is 144 cm³/mol. The average molecular weight is 543 g/mol. The number of ether oxygens (including phenoxy) is 2. The molecule has 11 heteroatoms. The minimum Gasteiger partial charge on any atom is -0.493 e. The Balaban J connectivity index is 1.55. The Morgan fingerprint density at radius 2 is 1.70 bits per heavy atom. The van der Waals surface area contributed by atoms with E-state index in [1.165, 1.54) is 19.4 Å². The SMILES string of the molecule is COc1cc(/C=N\NC(=O)C(=O)Nc2cccc(Cl)c2Cl)ccc1OCC(=O)Nc1cc(C)ccc1C. The molecule has 0 aliphatic rings. The summed E-state index contributed by atoms with van der Waals surface area (Å²) in [6.07, 6.45) is 1.32. The molecule has 0 saturated heterocycles. The number of hydrazone groups is 1. The molecular formula is C26H24Cl2N4O5. The molecule has 0 unspecified atom stereocenters. The second-order valence-corrected chi connectivity index (χ2v) is 8.61. The summed E-state index contributed by atoms with van der Waals surface area (Å²) in [6.45, 7) is 3.63. The highest BCUT2D eigenvalue weighted by atomic mass is 35.5. The number of rotatable bonds is 8. The van der Waals surface area contributed by atoms with Crippen LogP contribution in [0.15, 0.2) is 59.7 Å². The summed E-state index contributed by atoms with van der Waals surface area (Å²) < 4.78 is 10.9. The highest BCUT2D eigenvalue weighted by molar-refractivity contribution is 6.45. The molecule has 3 aromatic carbocycles. The van der Waals surface area contributed by atoms with Gasteiger partial charge in [-0.05, 0) is 66.9 Å². The molecule has 9 nitrogen and oxygen atoms in total. The third kappa shape index (κ3) is 7.70. The van der Waals surface area contributed by atoms with Crippen LogP contribution < -0.4 is 25.5 Å². The molecule has 0 aliphatic carbocycles. The highest BCUT2D eigenvalue weighted by Gasteiger charge is 2.15. The van der Waals surface area contributed by atoms with Crippen LogP contribution >= 0.6 is 23.2 Å². The van der Waals surface area contributed by atoms with Gasteiger partial charge in [0, 0.05) is 5.69 Å². The number of carbonyl (C=O) groups excluding carboxylic acids is 3. The van der Waals surface area contributed by atoms with Gasteiger partial charge in [-0.25, -0.2) is 5.43 Å². The van der Waals surface area contributed by atoms with E-state index in [0.29, 0.717) is 17.1 Å². The maximum atomic E-state index is 12.3. The first-order valence-electron chi connectivity index (χ1n) is 10.9. The van der Waals surface area contributed by atoms with Crippen molar-refractivity contribution in [1.29, 1.82) is 0 Å². The molecule has 0 atom stereocenters. The van der Waals surface area contributed by atoms with Gasteiger partial charge in [0.15, 0.2) is 18.1 Å². The number of carbonyl (C=O) groups is 3. The first kappa shape index (κ1) is 27.5. The fraction of sp³-hybridized carbons (Fsp3) is 0.154. The second-order valence-electron chi connectivity index (χ2n) is 7.82. The van der Waals surface area contributed by atoms with Crippen molar-refractivity contribution in [2.75, 3.05) is 24.4 Å². The smallest absolute Gasteiger partial charge is 0.329 e. The van der Waals surface area contributed by atoms with Gasteiger partial charge >= 0.3 is 11.8 Å². The Morgan fingerprint density at radius 1 is 0.919 bits per heavy atom. The Labute approximate surface area is 223 Å². The Morgan fingerprint density at radius 3 is 2.46 bits per heavy atom. The minimum absolute atomic E-state index is 0.117. The lowest BCUT2D eigenvalue weighted by Crippen LogP contribution is -2.32. The van der Waals surface area contributed by atoms with Crippen molar-refractivity contribution >= 4 is 58.5 Å². The molecule has 3 N–H and O–H groups in total. The number of halogens is 2. The molecule has 0 fully saturated rings. The van der Waals surface area contributed by atoms with Crippen LogP contribution in [0.2, 0.25) is 10.0 Å². The number of nitrogens with one attached hydrogen (secondary N) is 3. The molecule has 0 spiro atoms. The second kappa shape index (κ2) is 12.8. The molecule has 37 heavy (non-hydrogen) atoms. The van der Waals surface area contributed by atoms with Crippen LogP contribution in [0.4, 0.5) is 11.4 Å². The Hall–Kier alpha value is -4.08. The first-order chi connectivity index (χ1) is 17.7. The number of amides is 3. The Kier molecular flexibility index (Phi) is 9.48. The van der Waals surface area contributed by atoms with Crippen molar-refractivity contribution in [1.82, 2.24) is 5.43 Å². The van der Waals surface area contributed by atoms with Gasteiger partial charge in [0.05, 0.1) is 29.1 Å². The Bertz CT molecular complexity index is 1360. The number of anilines is 2. The monoisotopic (exact) mass is 542 g/mol. The summed E-state index contributed by atoms with van der Waals surface area (Å²) in [5.41, 5.74) is 5.56. The molecule has 0 radical (unpaired) electrons. The van der Waals surface area contributed by atoms with Crippen LogP contribution in [-0.2, 0) is 14.4 Å². The van der Waals surface area contributed by atoms with Crippen molar-refractivity contribution in [3.8, 4) is 11.5 Å². The molecule has 0 bridgehead atoms. The maximum Gasteiger partial charge on any atom is 0.329 e. The number of nitrogens with zero attached hydrogens (tertiary/aromatic N) is 1. The lowest BCUT2D eigenvalue weighted by Gasteiger charge is -2.12.